The van der Waals surface area contributed by atoms with Crippen LogP contribution in [-0.4, -0.2) is 27.0 Å². The first-order valence-electron chi connectivity index (χ1n) is 4.27. The van der Waals surface area contributed by atoms with E-state index in [-0.39, 0.29) is 23.6 Å². The summed E-state index contributed by atoms with van der Waals surface area (Å²) in [5.41, 5.74) is 9.49. The number of amides is 1. The fourth-order valence-electron chi connectivity index (χ4n) is 1.13. The molecule has 0 spiro atoms. The van der Waals surface area contributed by atoms with E-state index < -0.39 is 23.9 Å². The number of H-pyrrole nitrogens is 1. The molecule has 86 valence electrons. The van der Waals surface area contributed by atoms with Crippen LogP contribution < -0.4 is 17.0 Å². The van der Waals surface area contributed by atoms with Crippen LogP contribution in [0.4, 0.5) is 5.82 Å². The van der Waals surface area contributed by atoms with Crippen molar-refractivity contribution >= 4 is 17.7 Å². The Morgan fingerprint density at radius 1 is 1.38 bits per heavy atom. The fourth-order valence-corrected chi connectivity index (χ4v) is 1.13. The van der Waals surface area contributed by atoms with E-state index >= 15 is 0 Å². The lowest BCUT2D eigenvalue weighted by molar-refractivity contribution is -0.136. The summed E-state index contributed by atoms with van der Waals surface area (Å²) in [4.78, 5) is 38.3. The molecule has 0 bridgehead atoms. The van der Waals surface area contributed by atoms with E-state index in [4.69, 9.17) is 16.6 Å². The Morgan fingerprint density at radius 2 is 2.00 bits per heavy atom. The highest BCUT2D eigenvalue weighted by Gasteiger charge is 2.13. The number of carbonyl (C=O) groups is 2. The molecule has 0 saturated heterocycles. The summed E-state index contributed by atoms with van der Waals surface area (Å²) >= 11 is 0. The van der Waals surface area contributed by atoms with Crippen LogP contribution in [-0.2, 0) is 22.4 Å². The highest BCUT2D eigenvalue weighted by Crippen LogP contribution is 2.03. The maximum atomic E-state index is 11.4. The third kappa shape index (κ3) is 2.80. The van der Waals surface area contributed by atoms with Crippen LogP contribution >= 0.6 is 0 Å². The predicted molar refractivity (Wildman–Crippen MR) is 53.5 cm³/mol. The van der Waals surface area contributed by atoms with Crippen LogP contribution in [0.2, 0.25) is 0 Å². The van der Waals surface area contributed by atoms with Crippen molar-refractivity contribution in [2.45, 2.75) is 12.8 Å². The van der Waals surface area contributed by atoms with Gasteiger partial charge in [0.2, 0.25) is 5.91 Å². The largest absolute Gasteiger partial charge is 0.481 e. The van der Waals surface area contributed by atoms with Gasteiger partial charge in [-0.15, -0.1) is 0 Å². The Balaban J connectivity index is 3.12. The summed E-state index contributed by atoms with van der Waals surface area (Å²) in [6.45, 7) is 0. The van der Waals surface area contributed by atoms with E-state index in [9.17, 15) is 14.4 Å². The number of aromatic amines is 1. The molecular formula is C8H10N4O4. The second-order valence-electron chi connectivity index (χ2n) is 3.09. The van der Waals surface area contributed by atoms with Gasteiger partial charge in [0.15, 0.2) is 0 Å². The minimum Gasteiger partial charge on any atom is -0.481 e. The molecule has 0 aliphatic heterocycles. The summed E-state index contributed by atoms with van der Waals surface area (Å²) in [6, 6.07) is 0. The first-order valence-corrected chi connectivity index (χ1v) is 4.27. The Labute approximate surface area is 89.3 Å². The van der Waals surface area contributed by atoms with Crippen LogP contribution in [0.5, 0.6) is 0 Å². The summed E-state index contributed by atoms with van der Waals surface area (Å²) in [5.74, 6) is -2.05. The number of carboxylic acids is 1. The number of rotatable bonds is 4. The normalized spacial score (nSPS) is 10.0. The van der Waals surface area contributed by atoms with Crippen LogP contribution in [0.25, 0.3) is 0 Å². The number of nitrogen functional groups attached to an aromatic ring is 1. The molecule has 1 heterocycles. The molecule has 6 N–H and O–H groups in total. The number of hydrogen-bond acceptors (Lipinski definition) is 5. The van der Waals surface area contributed by atoms with Crippen molar-refractivity contribution < 1.29 is 14.7 Å². The van der Waals surface area contributed by atoms with Crippen molar-refractivity contribution in [2.75, 3.05) is 5.73 Å². The van der Waals surface area contributed by atoms with Crippen LogP contribution in [0.1, 0.15) is 11.4 Å². The van der Waals surface area contributed by atoms with Gasteiger partial charge in [-0.05, 0) is 0 Å². The first-order chi connectivity index (χ1) is 7.40. The number of aromatic nitrogens is 2. The molecule has 1 aromatic rings. The number of hydrogen-bond donors (Lipinski definition) is 4. The van der Waals surface area contributed by atoms with Gasteiger partial charge in [-0.25, -0.2) is 4.98 Å². The lowest BCUT2D eigenvalue weighted by Gasteiger charge is -2.03. The second kappa shape index (κ2) is 4.43. The van der Waals surface area contributed by atoms with Crippen molar-refractivity contribution in [3.8, 4) is 0 Å². The van der Waals surface area contributed by atoms with E-state index in [1.54, 1.807) is 0 Å². The number of nitrogens with zero attached hydrogens (tertiary/aromatic N) is 1. The summed E-state index contributed by atoms with van der Waals surface area (Å²) in [7, 11) is 0. The Bertz CT molecular complexity index is 493. The lowest BCUT2D eigenvalue weighted by atomic mass is 10.2. The number of primary amides is 1. The topological polar surface area (TPSA) is 152 Å². The molecule has 0 atom stereocenters. The Hall–Kier alpha value is -2.38. The van der Waals surface area contributed by atoms with E-state index in [2.05, 4.69) is 9.97 Å². The highest BCUT2D eigenvalue weighted by atomic mass is 16.4. The monoisotopic (exact) mass is 226 g/mol. The second-order valence-corrected chi connectivity index (χ2v) is 3.09. The zero-order chi connectivity index (χ0) is 12.3. The molecule has 0 saturated carbocycles. The molecule has 8 nitrogen and oxygen atoms in total. The van der Waals surface area contributed by atoms with Gasteiger partial charge in [-0.3, -0.25) is 14.4 Å². The molecule has 0 fully saturated rings. The number of carboxylic acid groups (broad SMARTS) is 1. The van der Waals surface area contributed by atoms with E-state index in [1.165, 1.54) is 0 Å². The SMILES string of the molecule is NC(=O)Cc1nc(N)c(CC(=O)O)c(=O)[nH]1. The summed E-state index contributed by atoms with van der Waals surface area (Å²) in [5, 5.41) is 8.52. The minimum absolute atomic E-state index is 0.0177. The maximum absolute atomic E-state index is 11.4. The van der Waals surface area contributed by atoms with Crippen molar-refractivity contribution in [2.24, 2.45) is 5.73 Å². The zero-order valence-corrected chi connectivity index (χ0v) is 8.19. The third-order valence-electron chi connectivity index (χ3n) is 1.77. The van der Waals surface area contributed by atoms with Gasteiger partial charge in [0.25, 0.3) is 5.56 Å². The van der Waals surface area contributed by atoms with Gasteiger partial charge in [0.05, 0.1) is 18.4 Å². The van der Waals surface area contributed by atoms with Gasteiger partial charge in [-0.2, -0.15) is 0 Å². The van der Waals surface area contributed by atoms with Crippen LogP contribution in [0, 0.1) is 0 Å². The maximum Gasteiger partial charge on any atom is 0.308 e. The number of nitrogens with one attached hydrogen (secondary N) is 1. The summed E-state index contributed by atoms with van der Waals surface area (Å²) < 4.78 is 0. The van der Waals surface area contributed by atoms with E-state index in [1.807, 2.05) is 0 Å². The minimum atomic E-state index is -1.19. The molecule has 0 unspecified atom stereocenters. The van der Waals surface area contributed by atoms with Crippen LogP contribution in [0.3, 0.4) is 0 Å². The predicted octanol–water partition coefficient (Wildman–Crippen LogP) is -1.99. The molecular weight excluding hydrogens is 216 g/mol. The van der Waals surface area contributed by atoms with Gasteiger partial charge in [0, 0.05) is 0 Å². The number of carbonyl (C=O) groups excluding carboxylic acids is 1. The highest BCUT2D eigenvalue weighted by molar-refractivity contribution is 5.76. The molecule has 1 rings (SSSR count). The van der Waals surface area contributed by atoms with Gasteiger partial charge in [-0.1, -0.05) is 0 Å². The van der Waals surface area contributed by atoms with Crippen molar-refractivity contribution in [3.05, 3.63) is 21.7 Å². The molecule has 0 aliphatic carbocycles. The molecule has 8 heteroatoms. The molecule has 0 aliphatic rings. The molecule has 16 heavy (non-hydrogen) atoms. The molecule has 0 aromatic carbocycles. The molecule has 1 aromatic heterocycles. The van der Waals surface area contributed by atoms with E-state index in [0.29, 0.717) is 0 Å². The third-order valence-corrected chi connectivity index (χ3v) is 1.77. The summed E-state index contributed by atoms with van der Waals surface area (Å²) in [6.07, 6.45) is -0.780. The lowest BCUT2D eigenvalue weighted by Crippen LogP contribution is -2.24. The van der Waals surface area contributed by atoms with E-state index in [0.717, 1.165) is 0 Å². The van der Waals surface area contributed by atoms with Crippen molar-refractivity contribution in [1.29, 1.82) is 0 Å². The van der Waals surface area contributed by atoms with Gasteiger partial charge < -0.3 is 21.6 Å². The number of aliphatic carboxylic acids is 1. The quantitative estimate of drug-likeness (QED) is 0.466. The van der Waals surface area contributed by atoms with Crippen molar-refractivity contribution in [3.63, 3.8) is 0 Å². The standard InChI is InChI=1S/C8H10N4O4/c9-4(13)2-5-11-7(10)3(1-6(14)15)8(16)12-5/h1-2H2,(H2,9,13)(H,14,15)(H3,10,11,12,16). The smallest absolute Gasteiger partial charge is 0.308 e. The Morgan fingerprint density at radius 3 is 2.44 bits per heavy atom. The fraction of sp³-hybridized carbons (Fsp3) is 0.250. The molecule has 1 amide bonds. The number of anilines is 1. The zero-order valence-electron chi connectivity index (χ0n) is 8.19. The average molecular weight is 226 g/mol. The average Bonchev–Trinajstić information content (AvgIpc) is 2.10. The van der Waals surface area contributed by atoms with Crippen molar-refractivity contribution in [1.82, 2.24) is 9.97 Å². The van der Waals surface area contributed by atoms with Crippen LogP contribution in [0.15, 0.2) is 4.79 Å². The first kappa shape index (κ1) is 11.7. The van der Waals surface area contributed by atoms with Gasteiger partial charge >= 0.3 is 5.97 Å². The number of nitrogens with two attached hydrogens (primary N) is 2. The molecule has 0 radical (unpaired) electrons. The van der Waals surface area contributed by atoms with Gasteiger partial charge in [0.1, 0.15) is 11.6 Å². The Kier molecular flexibility index (Phi) is 3.24.